The van der Waals surface area contributed by atoms with Gasteiger partial charge in [-0.1, -0.05) is 179 Å². The van der Waals surface area contributed by atoms with E-state index in [0.29, 0.717) is 17.2 Å². The first-order valence-corrected chi connectivity index (χ1v) is 24.6. The van der Waals surface area contributed by atoms with Crippen molar-refractivity contribution in [2.45, 2.75) is 227 Å². The van der Waals surface area contributed by atoms with Crippen LogP contribution in [0.4, 0.5) is 0 Å². The molecule has 0 fully saturated rings. The number of phenolic OH excluding ortho intramolecular Hbond substituents is 3. The van der Waals surface area contributed by atoms with Crippen LogP contribution in [0.1, 0.15) is 236 Å². The van der Waals surface area contributed by atoms with E-state index in [1.807, 2.05) is 12.1 Å². The highest BCUT2D eigenvalue weighted by Gasteiger charge is 2.41. The molecule has 1 unspecified atom stereocenters. The van der Waals surface area contributed by atoms with Crippen LogP contribution in [-0.4, -0.2) is 26.8 Å². The predicted octanol–water partition coefficient (Wildman–Crippen LogP) is 16.5. The predicted molar refractivity (Wildman–Crippen MR) is 261 cm³/mol. The molecule has 0 spiro atoms. The highest BCUT2D eigenvalue weighted by Crippen LogP contribution is 2.52. The minimum absolute atomic E-state index is 0.183. The van der Waals surface area contributed by atoms with Crippen LogP contribution in [0.2, 0.25) is 0 Å². The highest BCUT2D eigenvalue weighted by atomic mass is 32.2. The minimum atomic E-state index is -0.428. The van der Waals surface area contributed by atoms with Gasteiger partial charge in [-0.25, -0.2) is 0 Å². The molecule has 3 aromatic rings. The third-order valence-corrected chi connectivity index (χ3v) is 14.0. The number of hydrogen-bond donors (Lipinski definition) is 3. The smallest absolute Gasteiger partial charge is 0.123 e. The first kappa shape index (κ1) is 50.8. The van der Waals surface area contributed by atoms with E-state index in [4.69, 9.17) is 0 Å². The van der Waals surface area contributed by atoms with E-state index in [-0.39, 0.29) is 27.6 Å². The van der Waals surface area contributed by atoms with Crippen LogP contribution in [0, 0.1) is 13.8 Å². The second-order valence-electron chi connectivity index (χ2n) is 22.3. The van der Waals surface area contributed by atoms with Crippen LogP contribution in [0.5, 0.6) is 17.2 Å². The summed E-state index contributed by atoms with van der Waals surface area (Å²) in [6.45, 7) is 35.4. The molecule has 0 saturated heterocycles. The van der Waals surface area contributed by atoms with Gasteiger partial charge in [-0.15, -0.1) is 0 Å². The van der Waals surface area contributed by atoms with E-state index >= 15 is 0 Å². The SMILES string of the molecule is CCCCCCCCCCCCSCCC(CC(CC)c1cc(C(C)(C)C)c(O)c(C(C)(C)C)c1)(c1cc(C(C)(C)C)c(O)cc1C)c1cc(C(C)(C)C)c(O)cc1C. The molecule has 0 heterocycles. The molecule has 0 aromatic heterocycles. The molecular formula is C55H88O3S. The molecule has 332 valence electrons. The van der Waals surface area contributed by atoms with Gasteiger partial charge < -0.3 is 15.3 Å². The molecule has 0 saturated carbocycles. The van der Waals surface area contributed by atoms with Gasteiger partial charge in [0.2, 0.25) is 0 Å². The number of rotatable bonds is 20. The summed E-state index contributed by atoms with van der Waals surface area (Å²) >= 11 is 2.10. The molecule has 0 bridgehead atoms. The average Bonchev–Trinajstić information content (AvgIpc) is 3.10. The summed E-state index contributed by atoms with van der Waals surface area (Å²) in [7, 11) is 0. The van der Waals surface area contributed by atoms with E-state index in [1.165, 1.54) is 80.9 Å². The number of phenols is 3. The summed E-state index contributed by atoms with van der Waals surface area (Å²) in [5, 5.41) is 34.8. The molecular weight excluding hydrogens is 741 g/mol. The van der Waals surface area contributed by atoms with Crippen LogP contribution in [-0.2, 0) is 27.1 Å². The van der Waals surface area contributed by atoms with Crippen molar-refractivity contribution in [3.63, 3.8) is 0 Å². The van der Waals surface area contributed by atoms with Gasteiger partial charge >= 0.3 is 0 Å². The van der Waals surface area contributed by atoms with E-state index in [2.05, 4.69) is 147 Å². The van der Waals surface area contributed by atoms with Gasteiger partial charge in [0, 0.05) is 5.41 Å². The number of hydrogen-bond acceptors (Lipinski definition) is 4. The molecule has 0 aliphatic rings. The Morgan fingerprint density at radius 2 is 0.864 bits per heavy atom. The fraction of sp³-hybridized carbons (Fsp3) is 0.673. The first-order chi connectivity index (χ1) is 27.3. The van der Waals surface area contributed by atoms with Gasteiger partial charge in [-0.2, -0.15) is 11.8 Å². The van der Waals surface area contributed by atoms with Crippen molar-refractivity contribution < 1.29 is 15.3 Å². The number of aromatic hydroxyl groups is 3. The zero-order chi connectivity index (χ0) is 44.6. The Labute approximate surface area is 368 Å². The van der Waals surface area contributed by atoms with Crippen molar-refractivity contribution in [2.24, 2.45) is 0 Å². The van der Waals surface area contributed by atoms with Crippen molar-refractivity contribution in [1.29, 1.82) is 0 Å². The number of thioether (sulfide) groups is 1. The van der Waals surface area contributed by atoms with E-state index in [0.717, 1.165) is 64.1 Å². The fourth-order valence-electron chi connectivity index (χ4n) is 9.35. The molecule has 0 radical (unpaired) electrons. The maximum atomic E-state index is 11.8. The molecule has 0 aliphatic carbocycles. The summed E-state index contributed by atoms with van der Waals surface area (Å²) in [5.74, 6) is 3.50. The van der Waals surface area contributed by atoms with Gasteiger partial charge in [0.15, 0.2) is 0 Å². The number of unbranched alkanes of at least 4 members (excludes halogenated alkanes) is 9. The third-order valence-electron chi connectivity index (χ3n) is 13.0. The summed E-state index contributed by atoms with van der Waals surface area (Å²) in [5.41, 5.74) is 8.58. The Hall–Kier alpha value is -2.59. The van der Waals surface area contributed by atoms with Gasteiger partial charge in [-0.3, -0.25) is 0 Å². The Kier molecular flexibility index (Phi) is 18.1. The summed E-state index contributed by atoms with van der Waals surface area (Å²) in [4.78, 5) is 0. The Bertz CT molecular complexity index is 1680. The molecule has 59 heavy (non-hydrogen) atoms. The minimum Gasteiger partial charge on any atom is -0.508 e. The van der Waals surface area contributed by atoms with Crippen LogP contribution >= 0.6 is 11.8 Å². The van der Waals surface area contributed by atoms with E-state index < -0.39 is 5.41 Å². The summed E-state index contributed by atoms with van der Waals surface area (Å²) in [6, 6.07) is 13.3. The number of aryl methyl sites for hydroxylation is 2. The van der Waals surface area contributed by atoms with Crippen LogP contribution in [0.15, 0.2) is 36.4 Å². The molecule has 0 aliphatic heterocycles. The Morgan fingerprint density at radius 1 is 0.475 bits per heavy atom. The Balaban J connectivity index is 2.26. The average molecular weight is 829 g/mol. The van der Waals surface area contributed by atoms with Crippen molar-refractivity contribution in [2.75, 3.05) is 11.5 Å². The van der Waals surface area contributed by atoms with Crippen LogP contribution in [0.25, 0.3) is 0 Å². The lowest BCUT2D eigenvalue weighted by Crippen LogP contribution is -2.34. The third kappa shape index (κ3) is 13.4. The van der Waals surface area contributed by atoms with Gasteiger partial charge in [0.1, 0.15) is 17.2 Å². The van der Waals surface area contributed by atoms with Crippen molar-refractivity contribution in [1.82, 2.24) is 0 Å². The van der Waals surface area contributed by atoms with Crippen LogP contribution < -0.4 is 0 Å². The van der Waals surface area contributed by atoms with Crippen LogP contribution in [0.3, 0.4) is 0 Å². The molecule has 3 nitrogen and oxygen atoms in total. The lowest BCUT2D eigenvalue weighted by atomic mass is 9.62. The zero-order valence-electron chi connectivity index (χ0n) is 40.9. The largest absolute Gasteiger partial charge is 0.508 e. The van der Waals surface area contributed by atoms with E-state index in [1.54, 1.807) is 0 Å². The number of benzene rings is 3. The first-order valence-electron chi connectivity index (χ1n) is 23.4. The normalized spacial score (nSPS) is 13.6. The quantitative estimate of drug-likeness (QED) is 0.0993. The lowest BCUT2D eigenvalue weighted by Gasteiger charge is -2.42. The molecule has 0 amide bonds. The van der Waals surface area contributed by atoms with Gasteiger partial charge in [-0.05, 0) is 141 Å². The second-order valence-corrected chi connectivity index (χ2v) is 23.5. The molecule has 4 heteroatoms. The van der Waals surface area contributed by atoms with Gasteiger partial charge in [0.25, 0.3) is 0 Å². The topological polar surface area (TPSA) is 60.7 Å². The standard InChI is InChI=1S/C55H88O3S/c1-17-19-20-21-22-23-24-25-26-27-29-59-30-28-55(42-35-44(51(5,6)7)48(56)31-38(42)3,43-36-45(52(8,9)10)49(57)32-39(43)4)37-40(18-2)41-33-46(53(11,12)13)50(58)47(34-41)54(14,15)16/h31-36,40,56-58H,17-30,37H2,1-16H3. The monoisotopic (exact) mass is 829 g/mol. The Morgan fingerprint density at radius 3 is 1.24 bits per heavy atom. The molecule has 1 atom stereocenters. The zero-order valence-corrected chi connectivity index (χ0v) is 41.7. The van der Waals surface area contributed by atoms with Crippen molar-refractivity contribution in [3.8, 4) is 17.2 Å². The molecule has 3 aromatic carbocycles. The summed E-state index contributed by atoms with van der Waals surface area (Å²) < 4.78 is 0. The van der Waals surface area contributed by atoms with Crippen molar-refractivity contribution in [3.05, 3.63) is 86.5 Å². The lowest BCUT2D eigenvalue weighted by molar-refractivity contribution is 0.390. The highest BCUT2D eigenvalue weighted by molar-refractivity contribution is 7.99. The van der Waals surface area contributed by atoms with Gasteiger partial charge in [0.05, 0.1) is 0 Å². The molecule has 3 rings (SSSR count). The summed E-state index contributed by atoms with van der Waals surface area (Å²) in [6.07, 6.45) is 16.2. The maximum Gasteiger partial charge on any atom is 0.123 e. The maximum absolute atomic E-state index is 11.8. The van der Waals surface area contributed by atoms with E-state index in [9.17, 15) is 15.3 Å². The second kappa shape index (κ2) is 21.0. The van der Waals surface area contributed by atoms with Crippen molar-refractivity contribution >= 4 is 11.8 Å². The fourth-order valence-corrected chi connectivity index (χ4v) is 10.5. The molecule has 3 N–H and O–H groups in total.